The van der Waals surface area contributed by atoms with Crippen LogP contribution >= 0.6 is 0 Å². The Morgan fingerprint density at radius 2 is 1.62 bits per heavy atom. The number of benzene rings is 2. The van der Waals surface area contributed by atoms with Crippen molar-refractivity contribution in [2.24, 2.45) is 5.14 Å². The summed E-state index contributed by atoms with van der Waals surface area (Å²) in [5.74, 6) is 0.817. The molecule has 156 valence electrons. The molecule has 2 aromatic carbocycles. The molecule has 1 unspecified atom stereocenters. The zero-order chi connectivity index (χ0) is 21.0. The highest BCUT2D eigenvalue weighted by atomic mass is 32.2. The molecule has 8 nitrogen and oxygen atoms in total. The molecule has 29 heavy (non-hydrogen) atoms. The van der Waals surface area contributed by atoms with Crippen molar-refractivity contribution < 1.29 is 17.9 Å². The largest absolute Gasteiger partial charge is 0.497 e. The van der Waals surface area contributed by atoms with Crippen molar-refractivity contribution in [3.63, 3.8) is 0 Å². The fourth-order valence-electron chi connectivity index (χ4n) is 3.27. The summed E-state index contributed by atoms with van der Waals surface area (Å²) >= 11 is 0. The summed E-state index contributed by atoms with van der Waals surface area (Å²) in [5.41, 5.74) is 1.91. The van der Waals surface area contributed by atoms with Crippen LogP contribution in [0.1, 0.15) is 18.5 Å². The third-order valence-electron chi connectivity index (χ3n) is 5.05. The van der Waals surface area contributed by atoms with E-state index >= 15 is 0 Å². The number of amides is 2. The highest BCUT2D eigenvalue weighted by Gasteiger charge is 2.22. The van der Waals surface area contributed by atoms with Gasteiger partial charge in [-0.1, -0.05) is 12.1 Å². The lowest BCUT2D eigenvalue weighted by atomic mass is 10.1. The molecule has 1 aliphatic heterocycles. The van der Waals surface area contributed by atoms with Gasteiger partial charge < -0.3 is 19.9 Å². The van der Waals surface area contributed by atoms with Crippen molar-refractivity contribution in [2.75, 3.05) is 38.2 Å². The summed E-state index contributed by atoms with van der Waals surface area (Å²) < 4.78 is 27.9. The summed E-state index contributed by atoms with van der Waals surface area (Å²) in [5, 5.41) is 8.08. The smallest absolute Gasteiger partial charge is 0.317 e. The number of methoxy groups -OCH3 is 1. The molecule has 3 N–H and O–H groups in total. The standard InChI is InChI=1S/C20H26N4O4S/c1-15(16-3-9-19(10-4-16)29(21,26)27)22-20(25)24-13-11-23(12-14-24)17-5-7-18(28-2)8-6-17/h3-10,15H,11-14H2,1-2H3,(H,22,25)(H2,21,26,27). The van der Waals surface area contributed by atoms with Gasteiger partial charge in [-0.3, -0.25) is 0 Å². The fraction of sp³-hybridized carbons (Fsp3) is 0.350. The maximum absolute atomic E-state index is 12.6. The van der Waals surface area contributed by atoms with E-state index in [4.69, 9.17) is 9.88 Å². The maximum Gasteiger partial charge on any atom is 0.317 e. The second kappa shape index (κ2) is 8.71. The number of nitrogens with zero attached hydrogens (tertiary/aromatic N) is 2. The van der Waals surface area contributed by atoms with Crippen molar-refractivity contribution in [3.8, 4) is 5.75 Å². The van der Waals surface area contributed by atoms with E-state index in [1.54, 1.807) is 24.1 Å². The minimum absolute atomic E-state index is 0.0504. The minimum atomic E-state index is -3.72. The fourth-order valence-corrected chi connectivity index (χ4v) is 3.78. The van der Waals surface area contributed by atoms with E-state index in [9.17, 15) is 13.2 Å². The molecule has 2 amide bonds. The van der Waals surface area contributed by atoms with Crippen LogP contribution in [0, 0.1) is 0 Å². The van der Waals surface area contributed by atoms with Gasteiger partial charge in [0.1, 0.15) is 5.75 Å². The molecule has 0 radical (unpaired) electrons. The first-order chi connectivity index (χ1) is 13.8. The average molecular weight is 419 g/mol. The quantitative estimate of drug-likeness (QED) is 0.772. The number of sulfonamides is 1. The van der Waals surface area contributed by atoms with Crippen molar-refractivity contribution in [1.82, 2.24) is 10.2 Å². The molecule has 1 atom stereocenters. The van der Waals surface area contributed by atoms with Gasteiger partial charge in [0, 0.05) is 31.9 Å². The first-order valence-corrected chi connectivity index (χ1v) is 10.9. The Balaban J connectivity index is 1.53. The van der Waals surface area contributed by atoms with Crippen molar-refractivity contribution >= 4 is 21.7 Å². The summed E-state index contributed by atoms with van der Waals surface area (Å²) in [6.45, 7) is 4.59. The molecular weight excluding hydrogens is 392 g/mol. The van der Waals surface area contributed by atoms with Gasteiger partial charge in [0.2, 0.25) is 10.0 Å². The number of hydrogen-bond acceptors (Lipinski definition) is 5. The van der Waals surface area contributed by atoms with Crippen LogP contribution in [0.4, 0.5) is 10.5 Å². The van der Waals surface area contributed by atoms with Gasteiger partial charge in [-0.2, -0.15) is 0 Å². The van der Waals surface area contributed by atoms with Crippen LogP contribution in [0.5, 0.6) is 5.75 Å². The molecule has 1 saturated heterocycles. The number of carbonyl (C=O) groups is 1. The van der Waals surface area contributed by atoms with Crippen LogP contribution in [0.2, 0.25) is 0 Å². The first kappa shape index (κ1) is 20.9. The zero-order valence-corrected chi connectivity index (χ0v) is 17.4. The highest BCUT2D eigenvalue weighted by molar-refractivity contribution is 7.89. The number of nitrogens with two attached hydrogens (primary N) is 1. The number of hydrogen-bond donors (Lipinski definition) is 2. The van der Waals surface area contributed by atoms with Gasteiger partial charge >= 0.3 is 6.03 Å². The Morgan fingerprint density at radius 1 is 1.03 bits per heavy atom. The van der Waals surface area contributed by atoms with E-state index < -0.39 is 10.0 Å². The summed E-state index contributed by atoms with van der Waals surface area (Å²) in [6.07, 6.45) is 0. The molecule has 3 rings (SSSR count). The Kier molecular flexibility index (Phi) is 6.29. The number of nitrogens with one attached hydrogen (secondary N) is 1. The number of ether oxygens (including phenoxy) is 1. The molecule has 0 aliphatic carbocycles. The Morgan fingerprint density at radius 3 is 2.14 bits per heavy atom. The number of primary sulfonamides is 1. The van der Waals surface area contributed by atoms with Crippen molar-refractivity contribution in [1.29, 1.82) is 0 Å². The molecule has 0 aromatic heterocycles. The Bertz CT molecular complexity index is 937. The normalized spacial score (nSPS) is 15.7. The van der Waals surface area contributed by atoms with Gasteiger partial charge in [-0.15, -0.1) is 0 Å². The molecule has 2 aromatic rings. The SMILES string of the molecule is COc1ccc(N2CCN(C(=O)NC(C)c3ccc(S(N)(=O)=O)cc3)CC2)cc1. The Hall–Kier alpha value is -2.78. The van der Waals surface area contributed by atoms with Gasteiger partial charge in [-0.05, 0) is 48.9 Å². The lowest BCUT2D eigenvalue weighted by molar-refractivity contribution is 0.191. The zero-order valence-electron chi connectivity index (χ0n) is 16.5. The number of anilines is 1. The van der Waals surface area contributed by atoms with Crippen LogP contribution in [0.3, 0.4) is 0 Å². The van der Waals surface area contributed by atoms with Crippen LogP contribution in [0.15, 0.2) is 53.4 Å². The van der Waals surface area contributed by atoms with Crippen LogP contribution in [-0.2, 0) is 10.0 Å². The predicted octanol–water partition coefficient (Wildman–Crippen LogP) is 1.94. The van der Waals surface area contributed by atoms with E-state index in [2.05, 4.69) is 10.2 Å². The lowest BCUT2D eigenvalue weighted by Gasteiger charge is -2.36. The van der Waals surface area contributed by atoms with Crippen molar-refractivity contribution in [2.45, 2.75) is 17.9 Å². The summed E-state index contributed by atoms with van der Waals surface area (Å²) in [6, 6.07) is 13.7. The lowest BCUT2D eigenvalue weighted by Crippen LogP contribution is -2.52. The van der Waals surface area contributed by atoms with Crippen LogP contribution in [0.25, 0.3) is 0 Å². The molecule has 0 bridgehead atoms. The third kappa shape index (κ3) is 5.18. The third-order valence-corrected chi connectivity index (χ3v) is 5.98. The molecule has 0 spiro atoms. The van der Waals surface area contributed by atoms with E-state index in [-0.39, 0.29) is 17.0 Å². The maximum atomic E-state index is 12.6. The number of carbonyl (C=O) groups excluding carboxylic acids is 1. The van der Waals surface area contributed by atoms with Gasteiger partial charge in [0.05, 0.1) is 18.0 Å². The van der Waals surface area contributed by atoms with Crippen LogP contribution in [-0.4, -0.2) is 52.6 Å². The number of piperazine rings is 1. The number of rotatable bonds is 5. The van der Waals surface area contributed by atoms with Gasteiger partial charge in [0.15, 0.2) is 0 Å². The second-order valence-corrected chi connectivity index (χ2v) is 8.52. The Labute approximate surface area is 171 Å². The molecule has 1 fully saturated rings. The van der Waals surface area contributed by atoms with E-state index in [1.807, 2.05) is 31.2 Å². The monoisotopic (exact) mass is 418 g/mol. The summed E-state index contributed by atoms with van der Waals surface area (Å²) in [7, 11) is -2.08. The van der Waals surface area contributed by atoms with E-state index in [1.165, 1.54) is 12.1 Å². The second-order valence-electron chi connectivity index (χ2n) is 6.96. The van der Waals surface area contributed by atoms with Crippen LogP contribution < -0.4 is 20.1 Å². The van der Waals surface area contributed by atoms with E-state index in [0.29, 0.717) is 13.1 Å². The predicted molar refractivity (Wildman–Crippen MR) is 112 cm³/mol. The molecule has 0 saturated carbocycles. The van der Waals surface area contributed by atoms with Gasteiger partial charge in [0.25, 0.3) is 0 Å². The summed E-state index contributed by atoms with van der Waals surface area (Å²) in [4.78, 5) is 16.7. The average Bonchev–Trinajstić information content (AvgIpc) is 2.73. The van der Waals surface area contributed by atoms with Crippen molar-refractivity contribution in [3.05, 3.63) is 54.1 Å². The highest BCUT2D eigenvalue weighted by Crippen LogP contribution is 2.21. The van der Waals surface area contributed by atoms with Gasteiger partial charge in [-0.25, -0.2) is 18.4 Å². The molecule has 1 aliphatic rings. The molecular formula is C20H26N4O4S. The molecule has 9 heteroatoms. The molecule has 1 heterocycles. The number of urea groups is 1. The topological polar surface area (TPSA) is 105 Å². The first-order valence-electron chi connectivity index (χ1n) is 9.35. The minimum Gasteiger partial charge on any atom is -0.497 e. The van der Waals surface area contributed by atoms with E-state index in [0.717, 1.165) is 30.1 Å².